The van der Waals surface area contributed by atoms with E-state index < -0.39 is 0 Å². The minimum absolute atomic E-state index is 0.0860. The predicted molar refractivity (Wildman–Crippen MR) is 96.6 cm³/mol. The summed E-state index contributed by atoms with van der Waals surface area (Å²) >= 11 is 1.68. The van der Waals surface area contributed by atoms with Crippen LogP contribution in [0.25, 0.3) is 0 Å². The molecule has 2 aromatic rings. The monoisotopic (exact) mass is 345 g/mol. The Morgan fingerprint density at radius 1 is 1.38 bits per heavy atom. The summed E-state index contributed by atoms with van der Waals surface area (Å²) in [4.78, 5) is 13.5. The number of aromatic nitrogens is 2. The molecule has 1 aliphatic rings. The summed E-state index contributed by atoms with van der Waals surface area (Å²) in [5.41, 5.74) is 1.45. The van der Waals surface area contributed by atoms with Crippen molar-refractivity contribution in [2.75, 3.05) is 24.3 Å². The van der Waals surface area contributed by atoms with E-state index in [1.54, 1.807) is 18.0 Å². The van der Waals surface area contributed by atoms with Gasteiger partial charge in [0.15, 0.2) is 0 Å². The number of nitrogens with zero attached hydrogens (tertiary/aromatic N) is 2. The first kappa shape index (κ1) is 17.0. The molecule has 1 aromatic carbocycles. The van der Waals surface area contributed by atoms with E-state index >= 15 is 0 Å². The fraction of sp³-hybridized carbons (Fsp3) is 0.444. The van der Waals surface area contributed by atoms with Gasteiger partial charge >= 0.3 is 0 Å². The number of ether oxygens (including phenoxy) is 1. The number of carbonyl (C=O) groups excluding carboxylic acids is 1. The lowest BCUT2D eigenvalue weighted by molar-refractivity contribution is 0.0601. The van der Waals surface area contributed by atoms with E-state index in [1.165, 1.54) is 0 Å². The molecule has 0 unspecified atom stereocenters. The van der Waals surface area contributed by atoms with Crippen molar-refractivity contribution in [3.05, 3.63) is 42.2 Å². The molecular weight excluding hydrogens is 322 g/mol. The number of amides is 1. The van der Waals surface area contributed by atoms with E-state index in [-0.39, 0.29) is 5.91 Å². The second-order valence-corrected chi connectivity index (χ2v) is 7.20. The number of hydrogen-bond donors (Lipinski definition) is 1. The first-order valence-corrected chi connectivity index (χ1v) is 9.38. The Morgan fingerprint density at radius 3 is 2.96 bits per heavy atom. The summed E-state index contributed by atoms with van der Waals surface area (Å²) < 4.78 is 7.30. The van der Waals surface area contributed by atoms with Crippen molar-refractivity contribution in [3.8, 4) is 0 Å². The van der Waals surface area contributed by atoms with Crippen LogP contribution in [0, 0.1) is 5.92 Å². The minimum Gasteiger partial charge on any atom is -0.381 e. The average Bonchev–Trinajstić information content (AvgIpc) is 3.03. The Balaban J connectivity index is 1.63. The molecule has 24 heavy (non-hydrogen) atoms. The first-order valence-electron chi connectivity index (χ1n) is 8.39. The van der Waals surface area contributed by atoms with Crippen molar-refractivity contribution in [1.82, 2.24) is 9.78 Å². The van der Waals surface area contributed by atoms with Crippen LogP contribution >= 0.6 is 11.8 Å². The SMILES string of the molecule is CCSc1ccccc1C(=O)Nc1cnn(CC2CCOCC2)c1. The zero-order valence-electron chi connectivity index (χ0n) is 13.9. The zero-order chi connectivity index (χ0) is 16.8. The third-order valence-electron chi connectivity index (χ3n) is 4.11. The molecule has 0 spiro atoms. The number of anilines is 1. The van der Waals surface area contributed by atoms with E-state index in [0.29, 0.717) is 11.5 Å². The van der Waals surface area contributed by atoms with Crippen molar-refractivity contribution in [2.24, 2.45) is 5.92 Å². The third kappa shape index (κ3) is 4.39. The first-order chi connectivity index (χ1) is 11.8. The molecule has 0 aliphatic carbocycles. The normalized spacial score (nSPS) is 15.4. The number of hydrogen-bond acceptors (Lipinski definition) is 4. The van der Waals surface area contributed by atoms with Crippen LogP contribution in [0.2, 0.25) is 0 Å². The van der Waals surface area contributed by atoms with E-state index in [2.05, 4.69) is 17.3 Å². The van der Waals surface area contributed by atoms with Gasteiger partial charge in [-0.15, -0.1) is 11.8 Å². The molecule has 128 valence electrons. The molecule has 5 nitrogen and oxygen atoms in total. The molecule has 2 heterocycles. The molecule has 0 radical (unpaired) electrons. The number of rotatable bonds is 6. The van der Waals surface area contributed by atoms with Gasteiger partial charge in [-0.3, -0.25) is 9.48 Å². The third-order valence-corrected chi connectivity index (χ3v) is 5.06. The highest BCUT2D eigenvalue weighted by Gasteiger charge is 2.16. The van der Waals surface area contributed by atoms with Crippen LogP contribution in [0.15, 0.2) is 41.6 Å². The molecule has 3 rings (SSSR count). The molecule has 0 atom stereocenters. The van der Waals surface area contributed by atoms with Crippen LogP contribution in [0.4, 0.5) is 5.69 Å². The number of carbonyl (C=O) groups is 1. The summed E-state index contributed by atoms with van der Waals surface area (Å²) in [6.07, 6.45) is 5.77. The number of thioether (sulfide) groups is 1. The van der Waals surface area contributed by atoms with Crippen LogP contribution in [-0.4, -0.2) is 34.7 Å². The summed E-state index contributed by atoms with van der Waals surface area (Å²) in [7, 11) is 0. The van der Waals surface area contributed by atoms with Crippen molar-refractivity contribution in [3.63, 3.8) is 0 Å². The lowest BCUT2D eigenvalue weighted by atomic mass is 10.0. The highest BCUT2D eigenvalue weighted by molar-refractivity contribution is 7.99. The maximum atomic E-state index is 12.5. The summed E-state index contributed by atoms with van der Waals surface area (Å²) in [5.74, 6) is 1.45. The van der Waals surface area contributed by atoms with Gasteiger partial charge in [-0.05, 0) is 36.6 Å². The molecule has 0 bridgehead atoms. The maximum absolute atomic E-state index is 12.5. The van der Waals surface area contributed by atoms with Crippen molar-refractivity contribution < 1.29 is 9.53 Å². The summed E-state index contributed by atoms with van der Waals surface area (Å²) in [5, 5.41) is 7.33. The quantitative estimate of drug-likeness (QED) is 0.812. The molecule has 6 heteroatoms. The molecule has 1 aliphatic heterocycles. The fourth-order valence-corrected chi connectivity index (χ4v) is 3.66. The Bertz CT molecular complexity index is 680. The van der Waals surface area contributed by atoms with Crippen LogP contribution in [0.1, 0.15) is 30.1 Å². The number of benzene rings is 1. The van der Waals surface area contributed by atoms with E-state index in [9.17, 15) is 4.79 Å². The van der Waals surface area contributed by atoms with Gasteiger partial charge in [-0.25, -0.2) is 0 Å². The van der Waals surface area contributed by atoms with Crippen molar-refractivity contribution in [2.45, 2.75) is 31.2 Å². The summed E-state index contributed by atoms with van der Waals surface area (Å²) in [6, 6.07) is 7.70. The molecular formula is C18H23N3O2S. The van der Waals surface area contributed by atoms with Gasteiger partial charge in [0.25, 0.3) is 5.91 Å². The maximum Gasteiger partial charge on any atom is 0.256 e. The van der Waals surface area contributed by atoms with Gasteiger partial charge in [-0.1, -0.05) is 19.1 Å². The van der Waals surface area contributed by atoms with Crippen LogP contribution in [-0.2, 0) is 11.3 Å². The highest BCUT2D eigenvalue weighted by atomic mass is 32.2. The second kappa shape index (κ2) is 8.35. The van der Waals surface area contributed by atoms with Crippen LogP contribution < -0.4 is 5.32 Å². The van der Waals surface area contributed by atoms with Gasteiger partial charge < -0.3 is 10.1 Å². The van der Waals surface area contributed by atoms with Gasteiger partial charge in [0.2, 0.25) is 0 Å². The molecule has 0 saturated carbocycles. The Kier molecular flexibility index (Phi) is 5.93. The van der Waals surface area contributed by atoms with E-state index in [4.69, 9.17) is 4.74 Å². The average molecular weight is 345 g/mol. The predicted octanol–water partition coefficient (Wildman–Crippen LogP) is 3.67. The standard InChI is InChI=1S/C18H23N3O2S/c1-2-24-17-6-4-3-5-16(17)18(22)20-15-11-19-21(13-15)12-14-7-9-23-10-8-14/h3-6,11,13-14H,2,7-10,12H2,1H3,(H,20,22). The van der Waals surface area contributed by atoms with Gasteiger partial charge in [0.05, 0.1) is 17.4 Å². The summed E-state index contributed by atoms with van der Waals surface area (Å²) in [6.45, 7) is 4.63. The molecule has 1 amide bonds. The van der Waals surface area contributed by atoms with Crippen LogP contribution in [0.5, 0.6) is 0 Å². The topological polar surface area (TPSA) is 56.2 Å². The number of nitrogens with one attached hydrogen (secondary N) is 1. The zero-order valence-corrected chi connectivity index (χ0v) is 14.7. The van der Waals surface area contributed by atoms with E-state index in [0.717, 1.165) is 48.9 Å². The Labute approximate surface area is 146 Å². The Hall–Kier alpha value is -1.79. The second-order valence-electron chi connectivity index (χ2n) is 5.89. The van der Waals surface area contributed by atoms with E-state index in [1.807, 2.05) is 35.1 Å². The largest absolute Gasteiger partial charge is 0.381 e. The highest BCUT2D eigenvalue weighted by Crippen LogP contribution is 2.23. The van der Waals surface area contributed by atoms with Gasteiger partial charge in [-0.2, -0.15) is 5.10 Å². The minimum atomic E-state index is -0.0860. The van der Waals surface area contributed by atoms with Gasteiger partial charge in [0, 0.05) is 30.9 Å². The van der Waals surface area contributed by atoms with Crippen molar-refractivity contribution >= 4 is 23.4 Å². The smallest absolute Gasteiger partial charge is 0.256 e. The molecule has 1 aromatic heterocycles. The lowest BCUT2D eigenvalue weighted by Crippen LogP contribution is -2.20. The van der Waals surface area contributed by atoms with Gasteiger partial charge in [0.1, 0.15) is 0 Å². The fourth-order valence-electron chi connectivity index (χ4n) is 2.86. The molecule has 1 fully saturated rings. The Morgan fingerprint density at radius 2 is 2.17 bits per heavy atom. The molecule has 1 saturated heterocycles. The van der Waals surface area contributed by atoms with Crippen molar-refractivity contribution in [1.29, 1.82) is 0 Å². The molecule has 1 N–H and O–H groups in total. The van der Waals surface area contributed by atoms with Crippen LogP contribution in [0.3, 0.4) is 0 Å². The lowest BCUT2D eigenvalue weighted by Gasteiger charge is -2.21.